The van der Waals surface area contributed by atoms with Gasteiger partial charge in [0.1, 0.15) is 5.82 Å². The quantitative estimate of drug-likeness (QED) is 0.591. The Morgan fingerprint density at radius 1 is 1.30 bits per heavy atom. The second-order valence-corrected chi connectivity index (χ2v) is 8.09. The van der Waals surface area contributed by atoms with Crippen molar-refractivity contribution >= 4 is 18.1 Å². The van der Waals surface area contributed by atoms with Crippen LogP contribution in [0.25, 0.3) is 0 Å². The molecule has 0 radical (unpaired) electrons. The topological polar surface area (TPSA) is 72.2 Å². The molecule has 1 aromatic carbocycles. The third-order valence-electron chi connectivity index (χ3n) is 5.91. The Bertz CT molecular complexity index is 1040. The summed E-state index contributed by atoms with van der Waals surface area (Å²) in [6, 6.07) is 4.34. The molecule has 2 fully saturated rings. The van der Waals surface area contributed by atoms with Crippen LogP contribution in [0.3, 0.4) is 0 Å². The molecule has 2 saturated heterocycles. The first-order valence-electron chi connectivity index (χ1n) is 11.0. The van der Waals surface area contributed by atoms with E-state index in [9.17, 15) is 8.78 Å². The van der Waals surface area contributed by atoms with Crippen molar-refractivity contribution in [2.75, 3.05) is 31.3 Å². The Balaban J connectivity index is 1.54. The molecule has 0 bridgehead atoms. The van der Waals surface area contributed by atoms with Crippen LogP contribution in [0.1, 0.15) is 25.6 Å². The van der Waals surface area contributed by atoms with Crippen molar-refractivity contribution in [1.82, 2.24) is 9.97 Å². The molecular weight excluding hydrogens is 428 g/mol. The molecular formula is C24H27F2N5O2. The number of piperidine rings is 1. The number of halogens is 2. The Morgan fingerprint density at radius 2 is 2.12 bits per heavy atom. The van der Waals surface area contributed by atoms with Crippen LogP contribution in [-0.2, 0) is 11.3 Å². The van der Waals surface area contributed by atoms with Crippen LogP contribution in [0.15, 0.2) is 52.4 Å². The lowest BCUT2D eigenvalue weighted by atomic mass is 9.94. The SMILES string of the molecule is C=NC=C1C(=NCc2ncccn2)CCN(c2cc(F)c(F)c(OCC3CCOC3)c2)C1C. The number of benzene rings is 1. The van der Waals surface area contributed by atoms with Gasteiger partial charge in [0.25, 0.3) is 0 Å². The molecule has 0 spiro atoms. The van der Waals surface area contributed by atoms with E-state index in [2.05, 4.69) is 21.7 Å². The van der Waals surface area contributed by atoms with E-state index in [1.807, 2.05) is 11.8 Å². The summed E-state index contributed by atoms with van der Waals surface area (Å²) in [5, 5.41) is 0. The van der Waals surface area contributed by atoms with E-state index in [1.165, 1.54) is 6.07 Å². The van der Waals surface area contributed by atoms with Gasteiger partial charge in [-0.15, -0.1) is 0 Å². The van der Waals surface area contributed by atoms with Gasteiger partial charge in [0.05, 0.1) is 25.8 Å². The summed E-state index contributed by atoms with van der Waals surface area (Å²) in [7, 11) is 0. The summed E-state index contributed by atoms with van der Waals surface area (Å²) in [6.45, 7) is 8.01. The highest BCUT2D eigenvalue weighted by Crippen LogP contribution is 2.33. The molecule has 33 heavy (non-hydrogen) atoms. The fourth-order valence-electron chi connectivity index (χ4n) is 4.10. The van der Waals surface area contributed by atoms with Gasteiger partial charge in [-0.1, -0.05) is 0 Å². The summed E-state index contributed by atoms with van der Waals surface area (Å²) in [4.78, 5) is 19.0. The van der Waals surface area contributed by atoms with E-state index in [0.29, 0.717) is 50.8 Å². The zero-order valence-corrected chi connectivity index (χ0v) is 18.6. The molecule has 0 saturated carbocycles. The number of hydrogen-bond donors (Lipinski definition) is 0. The lowest BCUT2D eigenvalue weighted by molar-refractivity contribution is 0.165. The maximum atomic E-state index is 14.5. The highest BCUT2D eigenvalue weighted by Gasteiger charge is 2.29. The average molecular weight is 456 g/mol. The number of rotatable bonds is 7. The molecule has 7 nitrogen and oxygen atoms in total. The highest BCUT2D eigenvalue weighted by molar-refractivity contribution is 6.03. The van der Waals surface area contributed by atoms with Gasteiger partial charge in [-0.05, 0) is 26.1 Å². The Kier molecular flexibility index (Phi) is 7.39. The van der Waals surface area contributed by atoms with Crippen LogP contribution in [0.2, 0.25) is 0 Å². The first-order valence-corrected chi connectivity index (χ1v) is 11.0. The minimum atomic E-state index is -0.976. The average Bonchev–Trinajstić information content (AvgIpc) is 3.35. The molecule has 2 aliphatic rings. The number of ether oxygens (including phenoxy) is 2. The van der Waals surface area contributed by atoms with Gasteiger partial charge in [0.2, 0.25) is 5.82 Å². The van der Waals surface area contributed by atoms with Crippen LogP contribution >= 0.6 is 0 Å². The third kappa shape index (κ3) is 5.42. The predicted molar refractivity (Wildman–Crippen MR) is 123 cm³/mol. The van der Waals surface area contributed by atoms with Gasteiger partial charge in [-0.2, -0.15) is 4.39 Å². The summed E-state index contributed by atoms with van der Waals surface area (Å²) in [6.07, 6.45) is 6.48. The number of nitrogens with zero attached hydrogens (tertiary/aromatic N) is 5. The summed E-state index contributed by atoms with van der Waals surface area (Å²) in [5.74, 6) is -1.19. The highest BCUT2D eigenvalue weighted by atomic mass is 19.2. The largest absolute Gasteiger partial charge is 0.490 e. The Hall–Kier alpha value is -3.20. The number of aromatic nitrogens is 2. The van der Waals surface area contributed by atoms with E-state index in [-0.39, 0.29) is 17.7 Å². The van der Waals surface area contributed by atoms with E-state index < -0.39 is 11.6 Å². The smallest absolute Gasteiger partial charge is 0.200 e. The van der Waals surface area contributed by atoms with Crippen molar-refractivity contribution in [3.05, 3.63) is 59.8 Å². The summed E-state index contributed by atoms with van der Waals surface area (Å²) >= 11 is 0. The molecule has 2 aliphatic heterocycles. The standard InChI is InChI=1S/C24H27F2N5O2/c1-16-19(12-27-2)21(30-13-23-28-6-3-7-29-23)4-8-31(16)18-10-20(25)24(26)22(11-18)33-15-17-5-9-32-14-17/h3,6-7,10-12,16-17H,2,4-5,8-9,13-15H2,1H3. The number of aliphatic imine (C=N–C) groups is 2. The van der Waals surface area contributed by atoms with Crippen molar-refractivity contribution in [3.63, 3.8) is 0 Å². The first-order chi connectivity index (χ1) is 16.1. The van der Waals surface area contributed by atoms with Gasteiger partial charge in [0.15, 0.2) is 11.6 Å². The Labute approximate surface area is 191 Å². The van der Waals surface area contributed by atoms with E-state index in [0.717, 1.165) is 17.7 Å². The lowest BCUT2D eigenvalue weighted by Crippen LogP contribution is -2.43. The molecule has 3 heterocycles. The van der Waals surface area contributed by atoms with Crippen molar-refractivity contribution in [1.29, 1.82) is 0 Å². The molecule has 2 unspecified atom stereocenters. The molecule has 2 atom stereocenters. The summed E-state index contributed by atoms with van der Waals surface area (Å²) in [5.41, 5.74) is 2.28. The van der Waals surface area contributed by atoms with Gasteiger partial charge < -0.3 is 14.4 Å². The fraction of sp³-hybridized carbons (Fsp3) is 0.417. The third-order valence-corrected chi connectivity index (χ3v) is 5.91. The molecule has 2 aromatic rings. The zero-order chi connectivity index (χ0) is 23.2. The number of hydrogen-bond acceptors (Lipinski definition) is 7. The molecule has 1 aromatic heterocycles. The van der Waals surface area contributed by atoms with Gasteiger partial charge in [-0.25, -0.2) is 14.4 Å². The normalized spacial score (nSPS) is 23.3. The molecule has 174 valence electrons. The van der Waals surface area contributed by atoms with Crippen LogP contribution in [0.4, 0.5) is 14.5 Å². The molecule has 9 heteroatoms. The maximum absolute atomic E-state index is 14.5. The first kappa shape index (κ1) is 23.0. The van der Waals surface area contributed by atoms with Gasteiger partial charge in [0, 0.05) is 73.2 Å². The van der Waals surface area contributed by atoms with Crippen LogP contribution in [0, 0.1) is 17.6 Å². The number of anilines is 1. The Morgan fingerprint density at radius 3 is 2.85 bits per heavy atom. The maximum Gasteiger partial charge on any atom is 0.200 e. The zero-order valence-electron chi connectivity index (χ0n) is 18.6. The van der Waals surface area contributed by atoms with Crippen molar-refractivity contribution < 1.29 is 18.3 Å². The van der Waals surface area contributed by atoms with E-state index in [1.54, 1.807) is 30.7 Å². The van der Waals surface area contributed by atoms with Gasteiger partial charge in [-0.3, -0.25) is 9.98 Å². The molecule has 0 amide bonds. The van der Waals surface area contributed by atoms with Gasteiger partial charge >= 0.3 is 0 Å². The van der Waals surface area contributed by atoms with Crippen molar-refractivity contribution in [3.8, 4) is 5.75 Å². The summed E-state index contributed by atoms with van der Waals surface area (Å²) < 4.78 is 39.9. The van der Waals surface area contributed by atoms with Crippen molar-refractivity contribution in [2.45, 2.75) is 32.4 Å². The van der Waals surface area contributed by atoms with E-state index in [4.69, 9.17) is 14.5 Å². The second kappa shape index (κ2) is 10.6. The second-order valence-electron chi connectivity index (χ2n) is 8.09. The minimum Gasteiger partial charge on any atom is -0.490 e. The van der Waals surface area contributed by atoms with E-state index >= 15 is 0 Å². The monoisotopic (exact) mass is 455 g/mol. The fourth-order valence-corrected chi connectivity index (χ4v) is 4.10. The molecule has 4 rings (SSSR count). The lowest BCUT2D eigenvalue weighted by Gasteiger charge is -2.38. The molecule has 0 N–H and O–H groups in total. The molecule has 0 aliphatic carbocycles. The minimum absolute atomic E-state index is 0.0860. The van der Waals surface area contributed by atoms with Crippen LogP contribution in [-0.4, -0.2) is 54.8 Å². The van der Waals surface area contributed by atoms with Crippen LogP contribution < -0.4 is 9.64 Å². The predicted octanol–water partition coefficient (Wildman–Crippen LogP) is 3.99. The van der Waals surface area contributed by atoms with Crippen LogP contribution in [0.5, 0.6) is 5.75 Å². The van der Waals surface area contributed by atoms with Crippen molar-refractivity contribution in [2.24, 2.45) is 15.9 Å².